The second-order valence-electron chi connectivity index (χ2n) is 4.12. The highest BCUT2D eigenvalue weighted by atomic mass is 16.3. The number of aromatic nitrogens is 2. The number of fused-ring (bicyclic) bond motifs is 1. The van der Waals surface area contributed by atoms with Crippen LogP contribution in [0.1, 0.15) is 24.3 Å². The predicted octanol–water partition coefficient (Wildman–Crippen LogP) is 1.30. The average Bonchev–Trinajstić information content (AvgIpc) is 2.27. The van der Waals surface area contributed by atoms with Gasteiger partial charge in [0.2, 0.25) is 5.95 Å². The molecule has 18 heavy (non-hydrogen) atoms. The molecule has 1 aromatic heterocycles. The molecular weight excluding hydrogens is 230 g/mol. The first kappa shape index (κ1) is 12.3. The molecule has 0 radical (unpaired) electrons. The summed E-state index contributed by atoms with van der Waals surface area (Å²) in [5.74, 6) is 0.0793. The van der Waals surface area contributed by atoms with Crippen molar-refractivity contribution in [3.05, 3.63) is 29.5 Å². The van der Waals surface area contributed by atoms with E-state index in [-0.39, 0.29) is 11.9 Å². The quantitative estimate of drug-likeness (QED) is 0.471. The van der Waals surface area contributed by atoms with Crippen LogP contribution in [0.4, 0.5) is 5.95 Å². The summed E-state index contributed by atoms with van der Waals surface area (Å²) < 4.78 is 0. The van der Waals surface area contributed by atoms with Crippen molar-refractivity contribution < 1.29 is 5.11 Å². The molecule has 0 amide bonds. The van der Waals surface area contributed by atoms with Gasteiger partial charge in [-0.1, -0.05) is 12.1 Å². The van der Waals surface area contributed by atoms with Gasteiger partial charge in [0.1, 0.15) is 0 Å². The van der Waals surface area contributed by atoms with Crippen LogP contribution in [-0.2, 0) is 0 Å². The molecule has 5 N–H and O–H groups in total. The Morgan fingerprint density at radius 1 is 1.44 bits per heavy atom. The van der Waals surface area contributed by atoms with Gasteiger partial charge in [-0.3, -0.25) is 10.7 Å². The van der Waals surface area contributed by atoms with E-state index in [4.69, 9.17) is 11.1 Å². The Kier molecular flexibility index (Phi) is 3.12. The Labute approximate surface area is 104 Å². The normalized spacial score (nSPS) is 12.4. The van der Waals surface area contributed by atoms with E-state index in [9.17, 15) is 5.11 Å². The Morgan fingerprint density at radius 3 is 2.78 bits per heavy atom. The summed E-state index contributed by atoms with van der Waals surface area (Å²) in [6.07, 6.45) is -0.547. The van der Waals surface area contributed by atoms with Crippen molar-refractivity contribution in [1.29, 1.82) is 5.41 Å². The summed E-state index contributed by atoms with van der Waals surface area (Å²) in [4.78, 5) is 8.48. The average molecular weight is 245 g/mol. The maximum absolute atomic E-state index is 9.55. The minimum atomic E-state index is -0.547. The zero-order valence-electron chi connectivity index (χ0n) is 10.2. The van der Waals surface area contributed by atoms with Gasteiger partial charge in [0.15, 0.2) is 5.96 Å². The van der Waals surface area contributed by atoms with Crippen LogP contribution in [0.3, 0.4) is 0 Å². The molecule has 1 aromatic carbocycles. The number of anilines is 1. The number of aliphatic hydroxyl groups is 1. The molecule has 6 nitrogen and oxygen atoms in total. The third kappa shape index (κ3) is 2.38. The van der Waals surface area contributed by atoms with Gasteiger partial charge in [-0.25, -0.2) is 9.97 Å². The van der Waals surface area contributed by atoms with Crippen LogP contribution in [0.25, 0.3) is 10.9 Å². The molecule has 0 fully saturated rings. The highest BCUT2D eigenvalue weighted by Crippen LogP contribution is 2.21. The molecule has 0 bridgehead atoms. The van der Waals surface area contributed by atoms with Gasteiger partial charge in [-0.05, 0) is 25.5 Å². The van der Waals surface area contributed by atoms with E-state index in [1.807, 2.05) is 19.1 Å². The molecule has 0 saturated heterocycles. The number of benzene rings is 1. The molecule has 0 aliphatic carbocycles. The summed E-state index contributed by atoms with van der Waals surface area (Å²) in [5, 5.41) is 20.2. The van der Waals surface area contributed by atoms with Gasteiger partial charge in [-0.15, -0.1) is 0 Å². The van der Waals surface area contributed by atoms with Crippen LogP contribution >= 0.6 is 0 Å². The molecule has 1 unspecified atom stereocenters. The number of aliphatic hydroxyl groups excluding tert-OH is 1. The fourth-order valence-electron chi connectivity index (χ4n) is 1.74. The van der Waals surface area contributed by atoms with Crippen molar-refractivity contribution in [2.24, 2.45) is 5.73 Å². The Hall–Kier alpha value is -2.21. The van der Waals surface area contributed by atoms with Crippen LogP contribution in [0.15, 0.2) is 18.2 Å². The van der Waals surface area contributed by atoms with Crippen molar-refractivity contribution >= 4 is 22.8 Å². The maximum atomic E-state index is 9.55. The first-order valence-corrected chi connectivity index (χ1v) is 5.55. The second kappa shape index (κ2) is 4.58. The SMILES string of the molecule is Cc1nc(NC(=N)N)nc2cc(C(C)O)ccc12. The zero-order chi connectivity index (χ0) is 13.3. The number of hydrogen-bond acceptors (Lipinski definition) is 4. The maximum Gasteiger partial charge on any atom is 0.230 e. The molecule has 0 spiro atoms. The standard InChI is InChI=1S/C12H15N5O/c1-6-9-4-3-8(7(2)18)5-10(9)16-12(15-6)17-11(13)14/h3-5,7,18H,1-2H3,(H4,13,14,15,16,17). The van der Waals surface area contributed by atoms with Crippen LogP contribution in [0, 0.1) is 12.3 Å². The first-order chi connectivity index (χ1) is 8.47. The van der Waals surface area contributed by atoms with Gasteiger partial charge in [0, 0.05) is 5.39 Å². The monoisotopic (exact) mass is 245 g/mol. The molecule has 2 rings (SSSR count). The Bertz CT molecular complexity index is 609. The van der Waals surface area contributed by atoms with E-state index in [2.05, 4.69) is 15.3 Å². The summed E-state index contributed by atoms with van der Waals surface area (Å²) in [6.45, 7) is 3.56. The lowest BCUT2D eigenvalue weighted by Gasteiger charge is -2.09. The van der Waals surface area contributed by atoms with E-state index >= 15 is 0 Å². The van der Waals surface area contributed by atoms with Gasteiger partial charge >= 0.3 is 0 Å². The molecule has 0 saturated carbocycles. The highest BCUT2D eigenvalue weighted by Gasteiger charge is 2.08. The van der Waals surface area contributed by atoms with Crippen LogP contribution < -0.4 is 11.1 Å². The summed E-state index contributed by atoms with van der Waals surface area (Å²) in [5.41, 5.74) is 7.54. The van der Waals surface area contributed by atoms with Gasteiger partial charge in [0.25, 0.3) is 0 Å². The summed E-state index contributed by atoms with van der Waals surface area (Å²) in [7, 11) is 0. The Balaban J connectivity index is 2.57. The molecule has 0 aliphatic heterocycles. The van der Waals surface area contributed by atoms with E-state index in [0.717, 1.165) is 16.6 Å². The number of nitrogens with zero attached hydrogens (tertiary/aromatic N) is 2. The van der Waals surface area contributed by atoms with Crippen molar-refractivity contribution in [3.8, 4) is 0 Å². The second-order valence-corrected chi connectivity index (χ2v) is 4.12. The fraction of sp³-hybridized carbons (Fsp3) is 0.250. The van der Waals surface area contributed by atoms with Crippen molar-refractivity contribution in [2.75, 3.05) is 5.32 Å². The highest BCUT2D eigenvalue weighted by molar-refractivity contribution is 5.90. The van der Waals surface area contributed by atoms with Crippen molar-refractivity contribution in [1.82, 2.24) is 9.97 Å². The molecule has 6 heteroatoms. The Morgan fingerprint density at radius 2 is 2.17 bits per heavy atom. The van der Waals surface area contributed by atoms with Crippen molar-refractivity contribution in [3.63, 3.8) is 0 Å². The summed E-state index contributed by atoms with van der Waals surface area (Å²) in [6, 6.07) is 5.53. The van der Waals surface area contributed by atoms with E-state index < -0.39 is 6.10 Å². The number of guanidine groups is 1. The minimum absolute atomic E-state index is 0.208. The molecule has 1 atom stereocenters. The van der Waals surface area contributed by atoms with Crippen LogP contribution in [-0.4, -0.2) is 21.0 Å². The number of rotatable bonds is 2. The van der Waals surface area contributed by atoms with Crippen LogP contribution in [0.2, 0.25) is 0 Å². The largest absolute Gasteiger partial charge is 0.389 e. The molecule has 1 heterocycles. The van der Waals surface area contributed by atoms with Crippen molar-refractivity contribution in [2.45, 2.75) is 20.0 Å². The molecule has 94 valence electrons. The number of nitrogens with one attached hydrogen (secondary N) is 2. The number of hydrogen-bond donors (Lipinski definition) is 4. The van der Waals surface area contributed by atoms with Crippen LogP contribution in [0.5, 0.6) is 0 Å². The van der Waals surface area contributed by atoms with Gasteiger partial charge < -0.3 is 10.8 Å². The smallest absolute Gasteiger partial charge is 0.230 e. The lowest BCUT2D eigenvalue weighted by Crippen LogP contribution is -2.22. The zero-order valence-corrected chi connectivity index (χ0v) is 10.2. The van der Waals surface area contributed by atoms with Gasteiger partial charge in [-0.2, -0.15) is 0 Å². The third-order valence-electron chi connectivity index (χ3n) is 2.64. The topological polar surface area (TPSA) is 108 Å². The fourth-order valence-corrected chi connectivity index (χ4v) is 1.74. The van der Waals surface area contributed by atoms with E-state index in [0.29, 0.717) is 5.52 Å². The van der Waals surface area contributed by atoms with Gasteiger partial charge in [0.05, 0.1) is 17.3 Å². The molecule has 0 aliphatic rings. The van der Waals surface area contributed by atoms with E-state index in [1.165, 1.54) is 0 Å². The lowest BCUT2D eigenvalue weighted by atomic mass is 10.1. The predicted molar refractivity (Wildman–Crippen MR) is 70.4 cm³/mol. The minimum Gasteiger partial charge on any atom is -0.389 e. The third-order valence-corrected chi connectivity index (χ3v) is 2.64. The number of aryl methyl sites for hydroxylation is 1. The number of nitrogens with two attached hydrogens (primary N) is 1. The van der Waals surface area contributed by atoms with E-state index in [1.54, 1.807) is 13.0 Å². The first-order valence-electron chi connectivity index (χ1n) is 5.55. The molecule has 2 aromatic rings. The molecular formula is C12H15N5O. The lowest BCUT2D eigenvalue weighted by molar-refractivity contribution is 0.199. The summed E-state index contributed by atoms with van der Waals surface area (Å²) >= 11 is 0.